The molecule has 100 valence electrons. The maximum absolute atomic E-state index is 5.38. The lowest BCUT2D eigenvalue weighted by Crippen LogP contribution is -2.14. The number of methoxy groups -OCH3 is 2. The molecular formula is C14H17N3O2. The number of aromatic nitrogens is 2. The molecular weight excluding hydrogens is 242 g/mol. The van der Waals surface area contributed by atoms with Gasteiger partial charge in [-0.05, 0) is 18.2 Å². The zero-order chi connectivity index (χ0) is 13.5. The highest BCUT2D eigenvalue weighted by molar-refractivity contribution is 5.46. The average molecular weight is 259 g/mol. The van der Waals surface area contributed by atoms with Gasteiger partial charge in [0.25, 0.3) is 0 Å². The van der Waals surface area contributed by atoms with E-state index in [1.807, 2.05) is 30.3 Å². The van der Waals surface area contributed by atoms with Crippen molar-refractivity contribution >= 4 is 0 Å². The Morgan fingerprint density at radius 2 is 1.95 bits per heavy atom. The second kappa shape index (κ2) is 6.70. The predicted molar refractivity (Wildman–Crippen MR) is 72.1 cm³/mol. The van der Waals surface area contributed by atoms with Gasteiger partial charge in [-0.15, -0.1) is 0 Å². The van der Waals surface area contributed by atoms with Crippen molar-refractivity contribution < 1.29 is 9.47 Å². The van der Waals surface area contributed by atoms with Crippen molar-refractivity contribution in [1.82, 2.24) is 15.5 Å². The van der Waals surface area contributed by atoms with Crippen LogP contribution < -0.4 is 14.8 Å². The molecule has 1 aromatic carbocycles. The van der Waals surface area contributed by atoms with Crippen molar-refractivity contribution in [2.75, 3.05) is 14.2 Å². The number of ether oxygens (including phenoxy) is 2. The lowest BCUT2D eigenvalue weighted by Gasteiger charge is -2.12. The van der Waals surface area contributed by atoms with Crippen LogP contribution in [-0.2, 0) is 13.1 Å². The molecule has 0 aliphatic carbocycles. The van der Waals surface area contributed by atoms with Crippen molar-refractivity contribution in [3.05, 3.63) is 47.8 Å². The highest BCUT2D eigenvalue weighted by Crippen LogP contribution is 2.30. The van der Waals surface area contributed by atoms with E-state index in [1.54, 1.807) is 20.4 Å². The number of hydrogen-bond acceptors (Lipinski definition) is 5. The quantitative estimate of drug-likeness (QED) is 0.857. The zero-order valence-corrected chi connectivity index (χ0v) is 11.1. The Labute approximate surface area is 112 Å². The van der Waals surface area contributed by atoms with Crippen LogP contribution in [0.1, 0.15) is 11.3 Å². The molecule has 1 aromatic heterocycles. The monoisotopic (exact) mass is 259 g/mol. The minimum Gasteiger partial charge on any atom is -0.493 e. The van der Waals surface area contributed by atoms with E-state index in [-0.39, 0.29) is 0 Å². The summed E-state index contributed by atoms with van der Waals surface area (Å²) < 4.78 is 10.6. The van der Waals surface area contributed by atoms with Crippen LogP contribution in [-0.4, -0.2) is 24.4 Å². The number of benzene rings is 1. The summed E-state index contributed by atoms with van der Waals surface area (Å²) in [5, 5.41) is 11.2. The SMILES string of the molecule is COc1cccc(CNCc2cccnn2)c1OC. The van der Waals surface area contributed by atoms with E-state index < -0.39 is 0 Å². The van der Waals surface area contributed by atoms with Crippen LogP contribution >= 0.6 is 0 Å². The molecule has 5 heteroatoms. The van der Waals surface area contributed by atoms with Crippen molar-refractivity contribution in [1.29, 1.82) is 0 Å². The van der Waals surface area contributed by atoms with E-state index in [9.17, 15) is 0 Å². The third-order valence-corrected chi connectivity index (χ3v) is 2.73. The Balaban J connectivity index is 2.00. The molecule has 19 heavy (non-hydrogen) atoms. The molecule has 0 aliphatic heterocycles. The molecule has 0 bridgehead atoms. The van der Waals surface area contributed by atoms with Gasteiger partial charge in [0, 0.05) is 24.8 Å². The normalized spacial score (nSPS) is 10.2. The van der Waals surface area contributed by atoms with E-state index in [0.717, 1.165) is 22.8 Å². The Morgan fingerprint density at radius 3 is 2.63 bits per heavy atom. The summed E-state index contributed by atoms with van der Waals surface area (Å²) >= 11 is 0. The fourth-order valence-corrected chi connectivity index (χ4v) is 1.85. The summed E-state index contributed by atoms with van der Waals surface area (Å²) in [6.45, 7) is 1.34. The van der Waals surface area contributed by atoms with Crippen molar-refractivity contribution in [2.24, 2.45) is 0 Å². The predicted octanol–water partition coefficient (Wildman–Crippen LogP) is 1.78. The van der Waals surface area contributed by atoms with Crippen LogP contribution in [0.3, 0.4) is 0 Å². The van der Waals surface area contributed by atoms with Gasteiger partial charge >= 0.3 is 0 Å². The Hall–Kier alpha value is -2.14. The molecule has 2 aromatic rings. The maximum Gasteiger partial charge on any atom is 0.165 e. The summed E-state index contributed by atoms with van der Waals surface area (Å²) in [6, 6.07) is 9.63. The molecule has 0 saturated heterocycles. The van der Waals surface area contributed by atoms with Gasteiger partial charge in [0.05, 0.1) is 19.9 Å². The van der Waals surface area contributed by atoms with Crippen molar-refractivity contribution in [3.63, 3.8) is 0 Å². The van der Waals surface area contributed by atoms with Gasteiger partial charge in [0.2, 0.25) is 0 Å². The minimum atomic E-state index is 0.661. The molecule has 0 spiro atoms. The average Bonchev–Trinajstić information content (AvgIpc) is 2.48. The molecule has 1 heterocycles. The first-order valence-corrected chi connectivity index (χ1v) is 6.02. The maximum atomic E-state index is 5.38. The molecule has 0 amide bonds. The summed E-state index contributed by atoms with van der Waals surface area (Å²) in [4.78, 5) is 0. The third-order valence-electron chi connectivity index (χ3n) is 2.73. The van der Waals surface area contributed by atoms with Gasteiger partial charge in [0.1, 0.15) is 0 Å². The van der Waals surface area contributed by atoms with Gasteiger partial charge in [-0.3, -0.25) is 0 Å². The molecule has 0 saturated carbocycles. The zero-order valence-electron chi connectivity index (χ0n) is 11.1. The first-order chi connectivity index (χ1) is 9.35. The highest BCUT2D eigenvalue weighted by atomic mass is 16.5. The van der Waals surface area contributed by atoms with Gasteiger partial charge in [-0.2, -0.15) is 10.2 Å². The largest absolute Gasteiger partial charge is 0.493 e. The minimum absolute atomic E-state index is 0.661. The summed E-state index contributed by atoms with van der Waals surface area (Å²) in [6.07, 6.45) is 1.66. The van der Waals surface area contributed by atoms with E-state index in [1.165, 1.54) is 0 Å². The Bertz CT molecular complexity index is 517. The molecule has 1 N–H and O–H groups in total. The molecule has 0 aliphatic rings. The number of rotatable bonds is 6. The lowest BCUT2D eigenvalue weighted by atomic mass is 10.2. The summed E-state index contributed by atoms with van der Waals surface area (Å²) in [5.41, 5.74) is 1.95. The van der Waals surface area contributed by atoms with Gasteiger partial charge in [-0.25, -0.2) is 0 Å². The lowest BCUT2D eigenvalue weighted by molar-refractivity contribution is 0.350. The third kappa shape index (κ3) is 3.42. The van der Waals surface area contributed by atoms with E-state index >= 15 is 0 Å². The molecule has 0 radical (unpaired) electrons. The van der Waals surface area contributed by atoms with Crippen LogP contribution in [0, 0.1) is 0 Å². The van der Waals surface area contributed by atoms with Gasteiger partial charge in [0.15, 0.2) is 11.5 Å². The summed E-state index contributed by atoms with van der Waals surface area (Å²) in [5.74, 6) is 1.50. The van der Waals surface area contributed by atoms with E-state index in [4.69, 9.17) is 9.47 Å². The number of nitrogens with one attached hydrogen (secondary N) is 1. The van der Waals surface area contributed by atoms with Gasteiger partial charge in [-0.1, -0.05) is 12.1 Å². The second-order valence-corrected chi connectivity index (χ2v) is 3.97. The van der Waals surface area contributed by atoms with Crippen LogP contribution in [0.4, 0.5) is 0 Å². The first-order valence-electron chi connectivity index (χ1n) is 6.02. The van der Waals surface area contributed by atoms with E-state index in [0.29, 0.717) is 13.1 Å². The smallest absolute Gasteiger partial charge is 0.165 e. The summed E-state index contributed by atoms with van der Waals surface area (Å²) in [7, 11) is 3.28. The van der Waals surface area contributed by atoms with E-state index in [2.05, 4.69) is 15.5 Å². The topological polar surface area (TPSA) is 56.3 Å². The molecule has 0 unspecified atom stereocenters. The van der Waals surface area contributed by atoms with Crippen LogP contribution in [0.15, 0.2) is 36.5 Å². The van der Waals surface area contributed by atoms with Crippen LogP contribution in [0.25, 0.3) is 0 Å². The number of hydrogen-bond donors (Lipinski definition) is 1. The molecule has 0 atom stereocenters. The second-order valence-electron chi connectivity index (χ2n) is 3.97. The fourth-order valence-electron chi connectivity index (χ4n) is 1.85. The number of nitrogens with zero attached hydrogens (tertiary/aromatic N) is 2. The van der Waals surface area contributed by atoms with Gasteiger partial charge < -0.3 is 14.8 Å². The molecule has 2 rings (SSSR count). The Morgan fingerprint density at radius 1 is 1.05 bits per heavy atom. The Kier molecular flexibility index (Phi) is 4.69. The van der Waals surface area contributed by atoms with Crippen LogP contribution in [0.2, 0.25) is 0 Å². The standard InChI is InChI=1S/C14H17N3O2/c1-18-13-7-3-5-11(14(13)19-2)9-15-10-12-6-4-8-16-17-12/h3-8,15H,9-10H2,1-2H3. The molecule has 0 fully saturated rings. The first kappa shape index (κ1) is 13.3. The number of para-hydroxylation sites is 1. The van der Waals surface area contributed by atoms with Crippen molar-refractivity contribution in [3.8, 4) is 11.5 Å². The highest BCUT2D eigenvalue weighted by Gasteiger charge is 2.08. The van der Waals surface area contributed by atoms with Crippen molar-refractivity contribution in [2.45, 2.75) is 13.1 Å². The van der Waals surface area contributed by atoms with Crippen LogP contribution in [0.5, 0.6) is 11.5 Å². The fraction of sp³-hybridized carbons (Fsp3) is 0.286. The molecule has 5 nitrogen and oxygen atoms in total.